The van der Waals surface area contributed by atoms with E-state index in [0.717, 1.165) is 11.3 Å². The molecule has 2 heterocycles. The number of amides is 1. The molecule has 0 bridgehead atoms. The molecule has 128 valence electrons. The summed E-state index contributed by atoms with van der Waals surface area (Å²) >= 11 is 0. The van der Waals surface area contributed by atoms with Crippen LogP contribution in [0.1, 0.15) is 35.8 Å². The van der Waals surface area contributed by atoms with Gasteiger partial charge in [0.25, 0.3) is 5.91 Å². The van der Waals surface area contributed by atoms with E-state index in [4.69, 9.17) is 4.74 Å². The molecule has 2 aromatic heterocycles. The second-order valence-electron chi connectivity index (χ2n) is 5.41. The van der Waals surface area contributed by atoms with Crippen LogP contribution >= 0.6 is 0 Å². The Morgan fingerprint density at radius 3 is 2.76 bits per heavy atom. The quantitative estimate of drug-likeness (QED) is 0.747. The molecule has 25 heavy (non-hydrogen) atoms. The minimum atomic E-state index is -0.222. The number of hydrogen-bond donors (Lipinski definition) is 1. The van der Waals surface area contributed by atoms with Gasteiger partial charge in [0.15, 0.2) is 5.82 Å². The van der Waals surface area contributed by atoms with Crippen LogP contribution in [0.2, 0.25) is 0 Å². The second kappa shape index (κ2) is 7.57. The normalized spacial score (nSPS) is 11.8. The predicted octanol–water partition coefficient (Wildman–Crippen LogP) is 2.55. The number of rotatable bonds is 6. The minimum Gasteiger partial charge on any atom is -0.494 e. The van der Waals surface area contributed by atoms with E-state index in [1.165, 1.54) is 17.3 Å². The van der Waals surface area contributed by atoms with E-state index in [2.05, 4.69) is 20.4 Å². The molecule has 0 fully saturated rings. The van der Waals surface area contributed by atoms with Gasteiger partial charge in [-0.3, -0.25) is 4.79 Å². The van der Waals surface area contributed by atoms with Gasteiger partial charge in [0.1, 0.15) is 18.4 Å². The van der Waals surface area contributed by atoms with Gasteiger partial charge in [-0.15, -0.1) is 0 Å². The van der Waals surface area contributed by atoms with Crippen LogP contribution < -0.4 is 10.1 Å². The Hall–Kier alpha value is -3.22. The smallest absolute Gasteiger partial charge is 0.255 e. The number of aromatic nitrogens is 4. The Morgan fingerprint density at radius 1 is 1.28 bits per heavy atom. The molecule has 3 rings (SSSR count). The van der Waals surface area contributed by atoms with Crippen molar-refractivity contribution in [2.24, 2.45) is 0 Å². The number of nitrogens with one attached hydrogen (secondary N) is 1. The van der Waals surface area contributed by atoms with E-state index in [0.29, 0.717) is 18.0 Å². The number of carbonyl (C=O) groups is 1. The van der Waals surface area contributed by atoms with Crippen LogP contribution in [0.25, 0.3) is 5.82 Å². The van der Waals surface area contributed by atoms with E-state index >= 15 is 0 Å². The van der Waals surface area contributed by atoms with Crippen LogP contribution in [0, 0.1) is 0 Å². The summed E-state index contributed by atoms with van der Waals surface area (Å²) in [4.78, 5) is 20.8. The Labute approximate surface area is 145 Å². The van der Waals surface area contributed by atoms with Gasteiger partial charge in [-0.25, -0.2) is 14.6 Å². The number of pyridine rings is 1. The summed E-state index contributed by atoms with van der Waals surface area (Å²) in [7, 11) is 0. The summed E-state index contributed by atoms with van der Waals surface area (Å²) in [5, 5.41) is 7.03. The van der Waals surface area contributed by atoms with Gasteiger partial charge in [-0.05, 0) is 43.7 Å². The van der Waals surface area contributed by atoms with Crippen molar-refractivity contribution in [1.29, 1.82) is 0 Å². The molecular formula is C18H19N5O2. The molecule has 7 heteroatoms. The van der Waals surface area contributed by atoms with Gasteiger partial charge in [-0.1, -0.05) is 12.1 Å². The molecule has 0 saturated heterocycles. The molecule has 1 aromatic carbocycles. The zero-order valence-electron chi connectivity index (χ0n) is 14.1. The first-order chi connectivity index (χ1) is 12.2. The number of nitrogens with zero attached hydrogens (tertiary/aromatic N) is 4. The molecule has 1 amide bonds. The van der Waals surface area contributed by atoms with Crippen LogP contribution in [-0.2, 0) is 0 Å². The summed E-state index contributed by atoms with van der Waals surface area (Å²) < 4.78 is 6.91. The summed E-state index contributed by atoms with van der Waals surface area (Å²) in [6.45, 7) is 4.49. The molecule has 0 aliphatic carbocycles. The maximum absolute atomic E-state index is 12.7. The predicted molar refractivity (Wildman–Crippen MR) is 92.6 cm³/mol. The molecule has 0 aliphatic heterocycles. The average molecular weight is 337 g/mol. The molecule has 0 radical (unpaired) electrons. The molecule has 3 aromatic rings. The molecule has 0 spiro atoms. The fourth-order valence-electron chi connectivity index (χ4n) is 2.45. The minimum absolute atomic E-state index is 0.160. The van der Waals surface area contributed by atoms with Crippen molar-refractivity contribution >= 4 is 5.91 Å². The van der Waals surface area contributed by atoms with Gasteiger partial charge in [0, 0.05) is 6.20 Å². The van der Waals surface area contributed by atoms with Gasteiger partial charge in [0.2, 0.25) is 0 Å². The summed E-state index contributed by atoms with van der Waals surface area (Å²) in [5.41, 5.74) is 1.42. The lowest BCUT2D eigenvalue weighted by Gasteiger charge is -2.16. The lowest BCUT2D eigenvalue weighted by Crippen LogP contribution is -2.28. The third-order valence-corrected chi connectivity index (χ3v) is 3.71. The first kappa shape index (κ1) is 16.6. The summed E-state index contributed by atoms with van der Waals surface area (Å²) in [6.07, 6.45) is 4.53. The topological polar surface area (TPSA) is 81.9 Å². The molecule has 0 unspecified atom stereocenters. The van der Waals surface area contributed by atoms with E-state index in [-0.39, 0.29) is 11.9 Å². The van der Waals surface area contributed by atoms with Gasteiger partial charge >= 0.3 is 0 Å². The van der Waals surface area contributed by atoms with Crippen molar-refractivity contribution in [3.8, 4) is 11.6 Å². The van der Waals surface area contributed by atoms with E-state index < -0.39 is 0 Å². The third-order valence-electron chi connectivity index (χ3n) is 3.71. The van der Waals surface area contributed by atoms with Crippen molar-refractivity contribution in [1.82, 2.24) is 25.1 Å². The Morgan fingerprint density at radius 2 is 2.08 bits per heavy atom. The van der Waals surface area contributed by atoms with Crippen LogP contribution in [-0.4, -0.2) is 32.3 Å². The molecule has 7 nitrogen and oxygen atoms in total. The maximum Gasteiger partial charge on any atom is 0.255 e. The lowest BCUT2D eigenvalue weighted by molar-refractivity contribution is 0.0939. The fourth-order valence-corrected chi connectivity index (χ4v) is 2.45. The van der Waals surface area contributed by atoms with Crippen molar-refractivity contribution < 1.29 is 9.53 Å². The van der Waals surface area contributed by atoms with Gasteiger partial charge in [0.05, 0.1) is 18.2 Å². The standard InChI is InChI=1S/C18H19N5O2/c1-3-25-15-8-6-14(7-9-15)13(2)22-18(24)16-5-4-10-20-17(16)23-12-19-11-21-23/h4-13H,3H2,1-2H3,(H,22,24)/t13-/m1/s1. The van der Waals surface area contributed by atoms with Gasteiger partial charge in [-0.2, -0.15) is 5.10 Å². The zero-order chi connectivity index (χ0) is 17.6. The van der Waals surface area contributed by atoms with E-state index in [1.54, 1.807) is 18.3 Å². The largest absolute Gasteiger partial charge is 0.494 e. The Kier molecular flexibility index (Phi) is 5.03. The highest BCUT2D eigenvalue weighted by Crippen LogP contribution is 2.19. The van der Waals surface area contributed by atoms with Crippen molar-refractivity contribution in [2.75, 3.05) is 6.61 Å². The highest BCUT2D eigenvalue weighted by atomic mass is 16.5. The lowest BCUT2D eigenvalue weighted by atomic mass is 10.1. The van der Waals surface area contributed by atoms with Crippen LogP contribution in [0.5, 0.6) is 5.75 Å². The SMILES string of the molecule is CCOc1ccc([C@@H](C)NC(=O)c2cccnc2-n2cncn2)cc1. The second-order valence-corrected chi connectivity index (χ2v) is 5.41. The van der Waals surface area contributed by atoms with Crippen LogP contribution in [0.3, 0.4) is 0 Å². The Bertz CT molecular complexity index is 831. The van der Waals surface area contributed by atoms with Crippen molar-refractivity contribution in [2.45, 2.75) is 19.9 Å². The molecule has 1 N–H and O–H groups in total. The molecule has 0 saturated carbocycles. The van der Waals surface area contributed by atoms with Crippen LogP contribution in [0.15, 0.2) is 55.2 Å². The average Bonchev–Trinajstić information content (AvgIpc) is 3.17. The van der Waals surface area contributed by atoms with E-state index in [9.17, 15) is 4.79 Å². The summed E-state index contributed by atoms with van der Waals surface area (Å²) in [6, 6.07) is 10.9. The summed E-state index contributed by atoms with van der Waals surface area (Å²) in [5.74, 6) is 1.03. The fraction of sp³-hybridized carbons (Fsp3) is 0.222. The monoisotopic (exact) mass is 337 g/mol. The number of ether oxygens (including phenoxy) is 1. The van der Waals surface area contributed by atoms with E-state index in [1.807, 2.05) is 38.1 Å². The first-order valence-electron chi connectivity index (χ1n) is 8.02. The highest BCUT2D eigenvalue weighted by molar-refractivity contribution is 5.97. The van der Waals surface area contributed by atoms with Crippen molar-refractivity contribution in [3.05, 3.63) is 66.4 Å². The number of benzene rings is 1. The highest BCUT2D eigenvalue weighted by Gasteiger charge is 2.17. The zero-order valence-corrected chi connectivity index (χ0v) is 14.1. The van der Waals surface area contributed by atoms with Gasteiger partial charge < -0.3 is 10.1 Å². The Balaban J connectivity index is 1.76. The van der Waals surface area contributed by atoms with Crippen LogP contribution in [0.4, 0.5) is 0 Å². The first-order valence-corrected chi connectivity index (χ1v) is 8.02. The number of carbonyl (C=O) groups excluding carboxylic acids is 1. The maximum atomic E-state index is 12.7. The number of hydrogen-bond acceptors (Lipinski definition) is 5. The third kappa shape index (κ3) is 3.82. The molecule has 1 atom stereocenters. The molecular weight excluding hydrogens is 318 g/mol. The molecule has 0 aliphatic rings. The van der Waals surface area contributed by atoms with Crippen molar-refractivity contribution in [3.63, 3.8) is 0 Å².